The highest BCUT2D eigenvalue weighted by atomic mass is 32.2. The lowest BCUT2D eigenvalue weighted by Gasteiger charge is -2.31. The van der Waals surface area contributed by atoms with E-state index in [1.165, 1.54) is 28.4 Å². The first-order valence-electron chi connectivity index (χ1n) is 11.9. The molecule has 10 nitrogen and oxygen atoms in total. The lowest BCUT2D eigenvalue weighted by Crippen LogP contribution is -2.44. The predicted molar refractivity (Wildman–Crippen MR) is 141 cm³/mol. The van der Waals surface area contributed by atoms with Crippen molar-refractivity contribution in [2.45, 2.75) is 24.9 Å². The Labute approximate surface area is 216 Å². The van der Waals surface area contributed by atoms with Crippen LogP contribution in [0.5, 0.6) is 0 Å². The number of hydroxylamine groups is 1. The van der Waals surface area contributed by atoms with Gasteiger partial charge in [0.15, 0.2) is 11.4 Å². The van der Waals surface area contributed by atoms with Gasteiger partial charge < -0.3 is 14.9 Å². The predicted octanol–water partition coefficient (Wildman–Crippen LogP) is 4.30. The highest BCUT2D eigenvalue weighted by Crippen LogP contribution is 2.49. The molecule has 1 heterocycles. The Bertz CT molecular complexity index is 1380. The fourth-order valence-electron chi connectivity index (χ4n) is 4.50. The van der Waals surface area contributed by atoms with Crippen molar-refractivity contribution in [2.75, 3.05) is 40.8 Å². The first-order chi connectivity index (χ1) is 17.8. The summed E-state index contributed by atoms with van der Waals surface area (Å²) in [6.45, 7) is 5.08. The van der Waals surface area contributed by atoms with Gasteiger partial charge in [0.05, 0.1) is 16.3 Å². The second-order valence-corrected chi connectivity index (χ2v) is 10.1. The standard InChI is InChI=1S/C26H29N5O5S/c1-4-28(5-2)21-17-15-20(16-18-21)26-30(25(32)19-29(33)27-36-3)23-13-9-10-14-24(23)31(26)37(34,35)22-11-7-6-8-12-22/h6-18,26H,4-5,19H2,1-3H3/b29-27-. The molecule has 194 valence electrons. The zero-order valence-corrected chi connectivity index (χ0v) is 21.7. The largest absolute Gasteiger partial charge is 0.597 e. The van der Waals surface area contributed by atoms with Gasteiger partial charge in [-0.3, -0.25) is 9.69 Å². The van der Waals surface area contributed by atoms with Gasteiger partial charge >= 0.3 is 0 Å². The van der Waals surface area contributed by atoms with Crippen molar-refractivity contribution in [3.63, 3.8) is 0 Å². The Morgan fingerprint density at radius 2 is 1.57 bits per heavy atom. The number of hydrogen-bond acceptors (Lipinski definition) is 7. The Morgan fingerprint density at radius 1 is 0.973 bits per heavy atom. The molecule has 0 aromatic heterocycles. The average molecular weight is 524 g/mol. The summed E-state index contributed by atoms with van der Waals surface area (Å²) in [5, 5.41) is 15.3. The number of carbonyl (C=O) groups is 1. The van der Waals surface area contributed by atoms with Crippen LogP contribution in [0.25, 0.3) is 0 Å². The maximum absolute atomic E-state index is 14.0. The molecule has 0 spiro atoms. The van der Waals surface area contributed by atoms with Gasteiger partial charge in [0.1, 0.15) is 7.11 Å². The molecule has 3 aromatic carbocycles. The van der Waals surface area contributed by atoms with Crippen molar-refractivity contribution in [1.29, 1.82) is 0 Å². The van der Waals surface area contributed by atoms with E-state index >= 15 is 0 Å². The molecule has 0 radical (unpaired) electrons. The van der Waals surface area contributed by atoms with Gasteiger partial charge in [-0.1, -0.05) is 42.5 Å². The summed E-state index contributed by atoms with van der Waals surface area (Å²) in [4.78, 5) is 21.7. The number of para-hydroxylation sites is 2. The lowest BCUT2D eigenvalue weighted by molar-refractivity contribution is -0.546. The van der Waals surface area contributed by atoms with E-state index in [1.807, 2.05) is 24.3 Å². The summed E-state index contributed by atoms with van der Waals surface area (Å²) in [5.41, 5.74) is 2.25. The van der Waals surface area contributed by atoms with E-state index in [4.69, 9.17) is 0 Å². The van der Waals surface area contributed by atoms with Crippen LogP contribution in [0, 0.1) is 5.21 Å². The van der Waals surface area contributed by atoms with Crippen molar-refractivity contribution >= 4 is 33.0 Å². The summed E-state index contributed by atoms with van der Waals surface area (Å²) >= 11 is 0. The third kappa shape index (κ3) is 4.94. The van der Waals surface area contributed by atoms with Gasteiger partial charge in [-0.2, -0.15) is 0 Å². The van der Waals surface area contributed by atoms with Crippen LogP contribution in [0.15, 0.2) is 89.0 Å². The normalized spacial score (nSPS) is 15.4. The first-order valence-corrected chi connectivity index (χ1v) is 13.3. The number of fused-ring (bicyclic) bond motifs is 1. The molecule has 0 aliphatic carbocycles. The molecule has 1 amide bonds. The van der Waals surface area contributed by atoms with Gasteiger partial charge in [-0.05, 0) is 60.7 Å². The number of hydrogen-bond donors (Lipinski definition) is 0. The number of nitrogens with zero attached hydrogens (tertiary/aromatic N) is 5. The summed E-state index contributed by atoms with van der Waals surface area (Å²) < 4.78 is 29.3. The molecule has 37 heavy (non-hydrogen) atoms. The number of sulfonamides is 1. The van der Waals surface area contributed by atoms with E-state index in [1.54, 1.807) is 42.5 Å². The fourth-order valence-corrected chi connectivity index (χ4v) is 6.12. The molecule has 11 heteroatoms. The summed E-state index contributed by atoms with van der Waals surface area (Å²) in [6, 6.07) is 22.2. The number of carbonyl (C=O) groups excluding carboxylic acids is 1. The average Bonchev–Trinajstić information content (AvgIpc) is 3.26. The summed E-state index contributed by atoms with van der Waals surface area (Å²) in [5.74, 6) is -0.633. The van der Waals surface area contributed by atoms with E-state index in [-0.39, 0.29) is 9.76 Å². The van der Waals surface area contributed by atoms with Crippen LogP contribution in [-0.2, 0) is 19.7 Å². The Kier molecular flexibility index (Phi) is 7.63. The van der Waals surface area contributed by atoms with Gasteiger partial charge in [-0.25, -0.2) is 12.7 Å². The van der Waals surface area contributed by atoms with E-state index in [0.717, 1.165) is 18.8 Å². The molecular weight excluding hydrogens is 494 g/mol. The van der Waals surface area contributed by atoms with Crippen LogP contribution in [0.2, 0.25) is 0 Å². The molecule has 1 atom stereocenters. The molecule has 3 aromatic rings. The van der Waals surface area contributed by atoms with Crippen molar-refractivity contribution in [3.05, 3.63) is 89.6 Å². The number of anilines is 3. The zero-order valence-electron chi connectivity index (χ0n) is 20.9. The van der Waals surface area contributed by atoms with Crippen LogP contribution in [-0.4, -0.2) is 45.9 Å². The lowest BCUT2D eigenvalue weighted by atomic mass is 10.1. The Balaban J connectivity index is 1.89. The van der Waals surface area contributed by atoms with E-state index in [2.05, 4.69) is 28.9 Å². The van der Waals surface area contributed by atoms with Crippen molar-refractivity contribution in [1.82, 2.24) is 0 Å². The van der Waals surface area contributed by atoms with Crippen LogP contribution >= 0.6 is 0 Å². The summed E-state index contributed by atoms with van der Waals surface area (Å²) in [7, 11) is -2.90. The second kappa shape index (κ2) is 10.9. The molecule has 0 fully saturated rings. The Morgan fingerprint density at radius 3 is 2.16 bits per heavy atom. The molecule has 0 saturated heterocycles. The van der Waals surface area contributed by atoms with Gasteiger partial charge in [-0.15, -0.1) is 0 Å². The molecule has 0 N–H and O–H groups in total. The van der Waals surface area contributed by atoms with Gasteiger partial charge in [0.2, 0.25) is 0 Å². The number of rotatable bonds is 9. The third-order valence-electron chi connectivity index (χ3n) is 6.18. The van der Waals surface area contributed by atoms with E-state index in [0.29, 0.717) is 16.9 Å². The van der Waals surface area contributed by atoms with Crippen molar-refractivity contribution < 1.29 is 22.9 Å². The van der Waals surface area contributed by atoms with Gasteiger partial charge in [0.25, 0.3) is 22.5 Å². The van der Waals surface area contributed by atoms with Crippen LogP contribution in [0.4, 0.5) is 17.1 Å². The molecule has 0 saturated carbocycles. The Hall–Kier alpha value is -4.12. The molecule has 0 bridgehead atoms. The van der Waals surface area contributed by atoms with E-state index in [9.17, 15) is 18.4 Å². The monoisotopic (exact) mass is 523 g/mol. The minimum Gasteiger partial charge on any atom is -0.597 e. The molecule has 1 aliphatic rings. The SMILES string of the molecule is CCN(CC)c1ccc(C2N(C(=O)C/[N+]([O-])=N/OC)c3ccccc3N2S(=O)(=O)c2ccccc2)cc1. The second-order valence-electron chi connectivity index (χ2n) is 8.28. The number of amides is 1. The first kappa shape index (κ1) is 26.0. The van der Waals surface area contributed by atoms with Crippen molar-refractivity contribution in [3.8, 4) is 0 Å². The summed E-state index contributed by atoms with van der Waals surface area (Å²) in [6.07, 6.45) is -1.06. The minimum atomic E-state index is -4.10. The molecule has 4 rings (SSSR count). The van der Waals surface area contributed by atoms with Crippen LogP contribution in [0.1, 0.15) is 25.6 Å². The smallest absolute Gasteiger partial charge is 0.298 e. The molecular formula is C26H29N5O5S. The van der Waals surface area contributed by atoms with Crippen LogP contribution in [0.3, 0.4) is 0 Å². The van der Waals surface area contributed by atoms with E-state index < -0.39 is 28.6 Å². The maximum Gasteiger partial charge on any atom is 0.298 e. The van der Waals surface area contributed by atoms with Gasteiger partial charge in [0, 0.05) is 18.8 Å². The quantitative estimate of drug-likeness (QED) is 0.235. The highest BCUT2D eigenvalue weighted by Gasteiger charge is 2.47. The molecule has 1 aliphatic heterocycles. The maximum atomic E-state index is 14.0. The third-order valence-corrected chi connectivity index (χ3v) is 7.96. The minimum absolute atomic E-state index is 0.0868. The fraction of sp³-hybridized carbons (Fsp3) is 0.269. The zero-order chi connectivity index (χ0) is 26.6. The highest BCUT2D eigenvalue weighted by molar-refractivity contribution is 7.92. The molecule has 1 unspecified atom stereocenters. The van der Waals surface area contributed by atoms with Crippen molar-refractivity contribution in [2.24, 2.45) is 5.28 Å². The topological polar surface area (TPSA) is 109 Å². The van der Waals surface area contributed by atoms with Crippen LogP contribution < -0.4 is 14.1 Å². The number of benzene rings is 3.